The summed E-state index contributed by atoms with van der Waals surface area (Å²) in [5.41, 5.74) is 6.70. The van der Waals surface area contributed by atoms with Crippen molar-refractivity contribution in [3.05, 3.63) is 52.0 Å². The maximum absolute atomic E-state index is 12.4. The van der Waals surface area contributed by atoms with E-state index in [4.69, 9.17) is 34.0 Å². The zero-order valence-electron chi connectivity index (χ0n) is 12.3. The van der Waals surface area contributed by atoms with Crippen molar-refractivity contribution in [3.8, 4) is 0 Å². The molecule has 0 aliphatic rings. The normalized spacial score (nSPS) is 11.2. The average molecular weight is 389 g/mol. The number of carbonyl (C=O) groups is 1. The largest absolute Gasteiger partial charge is 0.481 e. The van der Waals surface area contributed by atoms with E-state index in [1.165, 1.54) is 24.3 Å². The number of carboxylic acid groups (broad SMARTS) is 1. The number of aliphatic carboxylic acids is 1. The molecule has 0 aromatic heterocycles. The predicted molar refractivity (Wildman–Crippen MR) is 94.1 cm³/mol. The lowest BCUT2D eigenvalue weighted by Gasteiger charge is -2.11. The molecule has 0 bridgehead atoms. The molecule has 6 nitrogen and oxygen atoms in total. The van der Waals surface area contributed by atoms with Crippen LogP contribution in [0.25, 0.3) is 0 Å². The third-order valence-corrected chi connectivity index (χ3v) is 5.22. The Morgan fingerprint density at radius 2 is 1.67 bits per heavy atom. The van der Waals surface area contributed by atoms with E-state index in [1.807, 2.05) is 0 Å². The van der Waals surface area contributed by atoms with Crippen molar-refractivity contribution in [1.29, 1.82) is 0 Å². The zero-order chi connectivity index (χ0) is 17.9. The number of nitrogens with two attached hydrogens (primary N) is 1. The lowest BCUT2D eigenvalue weighted by Crippen LogP contribution is -2.13. The van der Waals surface area contributed by atoms with E-state index in [9.17, 15) is 13.2 Å². The van der Waals surface area contributed by atoms with Crippen molar-refractivity contribution in [2.45, 2.75) is 17.7 Å². The van der Waals surface area contributed by atoms with Crippen LogP contribution in [0, 0.1) is 0 Å². The van der Waals surface area contributed by atoms with Gasteiger partial charge in [0.05, 0.1) is 26.3 Å². The van der Waals surface area contributed by atoms with Crippen LogP contribution in [0.3, 0.4) is 0 Å². The molecule has 0 aliphatic carbocycles. The van der Waals surface area contributed by atoms with Gasteiger partial charge in [0.15, 0.2) is 0 Å². The summed E-state index contributed by atoms with van der Waals surface area (Å²) in [5.74, 6) is -0.912. The first-order valence-corrected chi connectivity index (χ1v) is 9.01. The molecule has 4 N–H and O–H groups in total. The molecule has 128 valence electrons. The van der Waals surface area contributed by atoms with Gasteiger partial charge in [0.1, 0.15) is 0 Å². The summed E-state index contributed by atoms with van der Waals surface area (Å²) in [5, 5.41) is 8.94. The van der Waals surface area contributed by atoms with E-state index in [0.29, 0.717) is 6.42 Å². The second-order valence-corrected chi connectivity index (χ2v) is 7.49. The van der Waals surface area contributed by atoms with E-state index >= 15 is 0 Å². The summed E-state index contributed by atoms with van der Waals surface area (Å²) < 4.78 is 27.1. The fourth-order valence-electron chi connectivity index (χ4n) is 1.94. The van der Waals surface area contributed by atoms with Crippen LogP contribution in [0.15, 0.2) is 41.3 Å². The average Bonchev–Trinajstić information content (AvgIpc) is 2.50. The molecule has 0 heterocycles. The highest BCUT2D eigenvalue weighted by molar-refractivity contribution is 7.92. The molecule has 2 aromatic carbocycles. The number of benzene rings is 2. The van der Waals surface area contributed by atoms with Crippen LogP contribution in [-0.4, -0.2) is 19.5 Å². The van der Waals surface area contributed by atoms with E-state index < -0.39 is 16.0 Å². The van der Waals surface area contributed by atoms with E-state index in [2.05, 4.69) is 4.72 Å². The topological polar surface area (TPSA) is 109 Å². The highest BCUT2D eigenvalue weighted by atomic mass is 35.5. The summed E-state index contributed by atoms with van der Waals surface area (Å²) in [7, 11) is -3.83. The van der Waals surface area contributed by atoms with Gasteiger partial charge in [-0.2, -0.15) is 0 Å². The minimum atomic E-state index is -3.83. The van der Waals surface area contributed by atoms with E-state index in [0.717, 1.165) is 5.56 Å². The number of sulfonamides is 1. The monoisotopic (exact) mass is 388 g/mol. The third kappa shape index (κ3) is 4.53. The number of hydrogen-bond donors (Lipinski definition) is 3. The van der Waals surface area contributed by atoms with Gasteiger partial charge in [0, 0.05) is 6.42 Å². The molecule has 0 saturated carbocycles. The summed E-state index contributed by atoms with van der Waals surface area (Å²) in [6, 6.07) is 8.67. The molecule has 2 rings (SSSR count). The van der Waals surface area contributed by atoms with Crippen molar-refractivity contribution < 1.29 is 18.3 Å². The fraction of sp³-hybridized carbons (Fsp3) is 0.133. The Morgan fingerprint density at radius 1 is 1.12 bits per heavy atom. The van der Waals surface area contributed by atoms with Crippen LogP contribution in [0.2, 0.25) is 10.0 Å². The quantitative estimate of drug-likeness (QED) is 0.656. The van der Waals surface area contributed by atoms with Gasteiger partial charge < -0.3 is 10.8 Å². The Kier molecular flexibility index (Phi) is 5.58. The predicted octanol–water partition coefficient (Wildman–Crippen LogP) is 3.39. The summed E-state index contributed by atoms with van der Waals surface area (Å²) in [6.45, 7) is 0. The molecule has 0 saturated heterocycles. The zero-order valence-corrected chi connectivity index (χ0v) is 14.6. The van der Waals surface area contributed by atoms with Crippen molar-refractivity contribution in [1.82, 2.24) is 0 Å². The van der Waals surface area contributed by atoms with Crippen LogP contribution in [0.1, 0.15) is 12.0 Å². The first-order chi connectivity index (χ1) is 11.2. The molecule has 9 heteroatoms. The number of nitrogens with one attached hydrogen (secondary N) is 1. The summed E-state index contributed by atoms with van der Waals surface area (Å²) >= 11 is 11.8. The number of hydrogen-bond acceptors (Lipinski definition) is 4. The van der Waals surface area contributed by atoms with Gasteiger partial charge in [0.25, 0.3) is 10.0 Å². The van der Waals surface area contributed by atoms with Crippen LogP contribution >= 0.6 is 23.2 Å². The third-order valence-electron chi connectivity index (χ3n) is 3.19. The highest BCUT2D eigenvalue weighted by Gasteiger charge is 2.16. The van der Waals surface area contributed by atoms with Crippen LogP contribution < -0.4 is 10.5 Å². The number of halogens is 2. The Balaban J connectivity index is 2.20. The van der Waals surface area contributed by atoms with Crippen LogP contribution in [-0.2, 0) is 21.2 Å². The van der Waals surface area contributed by atoms with Crippen molar-refractivity contribution in [3.63, 3.8) is 0 Å². The van der Waals surface area contributed by atoms with Crippen molar-refractivity contribution >= 4 is 50.6 Å². The molecule has 0 spiro atoms. The van der Waals surface area contributed by atoms with Gasteiger partial charge in [-0.1, -0.05) is 35.3 Å². The molecule has 0 radical (unpaired) electrons. The second kappa shape index (κ2) is 7.29. The molecule has 0 aliphatic heterocycles. The maximum atomic E-state index is 12.4. The molecule has 24 heavy (non-hydrogen) atoms. The number of nitrogen functional groups attached to an aromatic ring is 1. The van der Waals surface area contributed by atoms with Gasteiger partial charge in [-0.3, -0.25) is 9.52 Å². The molecular formula is C15H14Cl2N2O4S. The lowest BCUT2D eigenvalue weighted by molar-refractivity contribution is -0.136. The standard InChI is InChI=1S/C15H14Cl2N2O4S/c16-12-7-10(8-13(17)15(12)18)19-24(22,23)11-4-1-9(2-5-11)3-6-14(20)21/h1-2,4-5,7-8,19H,3,6,18H2,(H,20,21). The lowest BCUT2D eigenvalue weighted by atomic mass is 10.1. The van der Waals surface area contributed by atoms with Crippen LogP contribution in [0.5, 0.6) is 0 Å². The smallest absolute Gasteiger partial charge is 0.303 e. The van der Waals surface area contributed by atoms with Crippen LogP contribution in [0.4, 0.5) is 11.4 Å². The minimum Gasteiger partial charge on any atom is -0.481 e. The van der Waals surface area contributed by atoms with Gasteiger partial charge in [-0.25, -0.2) is 8.42 Å². The number of aryl methyl sites for hydroxylation is 1. The minimum absolute atomic E-state index is 0.0210. The molecule has 2 aromatic rings. The Bertz CT molecular complexity index is 845. The van der Waals surface area contributed by atoms with Gasteiger partial charge in [-0.05, 0) is 36.2 Å². The van der Waals surface area contributed by atoms with E-state index in [1.54, 1.807) is 12.1 Å². The molecular weight excluding hydrogens is 375 g/mol. The Morgan fingerprint density at radius 3 is 2.17 bits per heavy atom. The number of rotatable bonds is 6. The molecule has 0 atom stereocenters. The first-order valence-electron chi connectivity index (χ1n) is 6.77. The second-order valence-electron chi connectivity index (χ2n) is 5.00. The molecule has 0 unspecified atom stereocenters. The van der Waals surface area contributed by atoms with Crippen molar-refractivity contribution in [2.75, 3.05) is 10.5 Å². The number of anilines is 2. The molecule has 0 fully saturated rings. The highest BCUT2D eigenvalue weighted by Crippen LogP contribution is 2.32. The fourth-order valence-corrected chi connectivity index (χ4v) is 3.47. The Hall–Kier alpha value is -1.96. The Labute approximate surface area is 149 Å². The van der Waals surface area contributed by atoms with Gasteiger partial charge in [-0.15, -0.1) is 0 Å². The van der Waals surface area contributed by atoms with Gasteiger partial charge >= 0.3 is 5.97 Å². The number of carboxylic acids is 1. The summed E-state index contributed by atoms with van der Waals surface area (Å²) in [4.78, 5) is 10.6. The summed E-state index contributed by atoms with van der Waals surface area (Å²) in [6.07, 6.45) is 0.305. The van der Waals surface area contributed by atoms with Crippen molar-refractivity contribution in [2.24, 2.45) is 0 Å². The molecule has 0 amide bonds. The van der Waals surface area contributed by atoms with E-state index in [-0.39, 0.29) is 32.7 Å². The van der Waals surface area contributed by atoms with Gasteiger partial charge in [0.2, 0.25) is 0 Å². The first kappa shape index (κ1) is 18.4. The maximum Gasteiger partial charge on any atom is 0.303 e. The SMILES string of the molecule is Nc1c(Cl)cc(NS(=O)(=O)c2ccc(CCC(=O)O)cc2)cc1Cl.